The molecule has 0 saturated heterocycles. The number of nitrogens with one attached hydrogen (secondary N) is 1. The van der Waals surface area contributed by atoms with E-state index in [9.17, 15) is 9.59 Å². The Hall–Kier alpha value is -2.07. The highest BCUT2D eigenvalue weighted by atomic mass is 35.5. The number of H-pyrrole nitrogens is 1. The van der Waals surface area contributed by atoms with Crippen LogP contribution in [0.4, 0.5) is 0 Å². The minimum absolute atomic E-state index is 0.217. The highest BCUT2D eigenvalue weighted by molar-refractivity contribution is 6.31. The maximum absolute atomic E-state index is 12.4. The molecular formula is C15H15ClN2O2. The SMILES string of the molecule is CCN(Cc1ccccc1Cl)C(=O)c1cccc(=O)[nH]1. The van der Waals surface area contributed by atoms with E-state index in [2.05, 4.69) is 4.98 Å². The lowest BCUT2D eigenvalue weighted by Gasteiger charge is -2.21. The zero-order chi connectivity index (χ0) is 14.5. The van der Waals surface area contributed by atoms with Crippen molar-refractivity contribution in [3.05, 3.63) is 69.1 Å². The Bertz CT molecular complexity index is 667. The summed E-state index contributed by atoms with van der Waals surface area (Å²) in [4.78, 5) is 27.8. The topological polar surface area (TPSA) is 53.2 Å². The van der Waals surface area contributed by atoms with Crippen molar-refractivity contribution < 1.29 is 4.79 Å². The summed E-state index contributed by atoms with van der Waals surface area (Å²) >= 11 is 6.11. The van der Waals surface area contributed by atoms with E-state index in [0.29, 0.717) is 18.1 Å². The summed E-state index contributed by atoms with van der Waals surface area (Å²) in [6, 6.07) is 11.9. The van der Waals surface area contributed by atoms with Crippen LogP contribution in [0.25, 0.3) is 0 Å². The van der Waals surface area contributed by atoms with Crippen LogP contribution in [0.15, 0.2) is 47.3 Å². The molecule has 0 aliphatic heterocycles. The van der Waals surface area contributed by atoms with Gasteiger partial charge in [0.1, 0.15) is 5.69 Å². The van der Waals surface area contributed by atoms with E-state index < -0.39 is 0 Å². The second-order valence-electron chi connectivity index (χ2n) is 4.34. The van der Waals surface area contributed by atoms with Crippen molar-refractivity contribution in [1.82, 2.24) is 9.88 Å². The molecule has 1 N–H and O–H groups in total. The van der Waals surface area contributed by atoms with E-state index >= 15 is 0 Å². The van der Waals surface area contributed by atoms with Gasteiger partial charge in [-0.1, -0.05) is 35.9 Å². The maximum atomic E-state index is 12.4. The van der Waals surface area contributed by atoms with Crippen LogP contribution in [0.5, 0.6) is 0 Å². The van der Waals surface area contributed by atoms with Gasteiger partial charge in [0.05, 0.1) is 0 Å². The third-order valence-corrected chi connectivity index (χ3v) is 3.36. The molecular weight excluding hydrogens is 276 g/mol. The lowest BCUT2D eigenvalue weighted by molar-refractivity contribution is 0.0746. The van der Waals surface area contributed by atoms with Crippen LogP contribution >= 0.6 is 11.6 Å². The van der Waals surface area contributed by atoms with Crippen LogP contribution < -0.4 is 5.56 Å². The van der Waals surface area contributed by atoms with Gasteiger partial charge in [0, 0.05) is 24.2 Å². The Morgan fingerprint density at radius 2 is 1.95 bits per heavy atom. The average molecular weight is 291 g/mol. The second kappa shape index (κ2) is 6.39. The minimum Gasteiger partial charge on any atom is -0.333 e. The Morgan fingerprint density at radius 3 is 2.60 bits per heavy atom. The van der Waals surface area contributed by atoms with Crippen LogP contribution in [-0.4, -0.2) is 22.3 Å². The quantitative estimate of drug-likeness (QED) is 0.941. The van der Waals surface area contributed by atoms with Crippen molar-refractivity contribution >= 4 is 17.5 Å². The van der Waals surface area contributed by atoms with E-state index in [1.165, 1.54) is 6.07 Å². The highest BCUT2D eigenvalue weighted by Crippen LogP contribution is 2.17. The molecule has 1 heterocycles. The Labute approximate surface area is 122 Å². The summed E-state index contributed by atoms with van der Waals surface area (Å²) in [5.41, 5.74) is 0.874. The fourth-order valence-corrected chi connectivity index (χ4v) is 2.10. The number of hydrogen-bond acceptors (Lipinski definition) is 2. The lowest BCUT2D eigenvalue weighted by atomic mass is 10.2. The predicted octanol–water partition coefficient (Wildman–Crippen LogP) is 2.69. The van der Waals surface area contributed by atoms with Gasteiger partial charge >= 0.3 is 0 Å². The zero-order valence-electron chi connectivity index (χ0n) is 11.1. The van der Waals surface area contributed by atoms with Gasteiger partial charge in [0.25, 0.3) is 5.91 Å². The highest BCUT2D eigenvalue weighted by Gasteiger charge is 2.16. The van der Waals surface area contributed by atoms with Crippen molar-refractivity contribution in [2.45, 2.75) is 13.5 Å². The second-order valence-corrected chi connectivity index (χ2v) is 4.75. The van der Waals surface area contributed by atoms with Crippen LogP contribution in [0, 0.1) is 0 Å². The number of aromatic nitrogens is 1. The smallest absolute Gasteiger partial charge is 0.270 e. The summed E-state index contributed by atoms with van der Waals surface area (Å²) in [5.74, 6) is -0.217. The number of hydrogen-bond donors (Lipinski definition) is 1. The molecule has 1 aromatic carbocycles. The molecule has 20 heavy (non-hydrogen) atoms. The van der Waals surface area contributed by atoms with Crippen molar-refractivity contribution in [3.8, 4) is 0 Å². The van der Waals surface area contributed by atoms with Crippen molar-refractivity contribution in [1.29, 1.82) is 0 Å². The fourth-order valence-electron chi connectivity index (χ4n) is 1.90. The number of carbonyl (C=O) groups excluding carboxylic acids is 1. The van der Waals surface area contributed by atoms with Gasteiger partial charge in [-0.15, -0.1) is 0 Å². The molecule has 4 nitrogen and oxygen atoms in total. The summed E-state index contributed by atoms with van der Waals surface area (Å²) in [5, 5.41) is 0.625. The van der Waals surface area contributed by atoms with Gasteiger partial charge in [-0.05, 0) is 24.6 Å². The molecule has 0 saturated carbocycles. The number of nitrogens with zero attached hydrogens (tertiary/aromatic N) is 1. The third-order valence-electron chi connectivity index (χ3n) is 2.99. The Morgan fingerprint density at radius 1 is 1.20 bits per heavy atom. The maximum Gasteiger partial charge on any atom is 0.270 e. The molecule has 1 amide bonds. The summed E-state index contributed by atoms with van der Waals surface area (Å²) in [7, 11) is 0. The zero-order valence-corrected chi connectivity index (χ0v) is 11.9. The molecule has 0 radical (unpaired) electrons. The molecule has 0 bridgehead atoms. The number of amides is 1. The van der Waals surface area contributed by atoms with Gasteiger partial charge in [-0.25, -0.2) is 0 Å². The average Bonchev–Trinajstić information content (AvgIpc) is 2.46. The standard InChI is InChI=1S/C15H15ClN2O2/c1-2-18(10-11-6-3-4-7-12(11)16)15(20)13-8-5-9-14(19)17-13/h3-9H,2,10H2,1H3,(H,17,19). The lowest BCUT2D eigenvalue weighted by Crippen LogP contribution is -2.32. The monoisotopic (exact) mass is 290 g/mol. The molecule has 0 unspecified atom stereocenters. The molecule has 104 valence electrons. The Balaban J connectivity index is 2.22. The first-order valence-corrected chi connectivity index (χ1v) is 6.71. The number of rotatable bonds is 4. The summed E-state index contributed by atoms with van der Waals surface area (Å²) < 4.78 is 0. The normalized spacial score (nSPS) is 10.3. The molecule has 0 spiro atoms. The first-order chi connectivity index (χ1) is 9.61. The van der Waals surface area contributed by atoms with E-state index in [1.54, 1.807) is 23.1 Å². The molecule has 5 heteroatoms. The van der Waals surface area contributed by atoms with Gasteiger partial charge < -0.3 is 9.88 Å². The van der Waals surface area contributed by atoms with Crippen LogP contribution in [0.3, 0.4) is 0 Å². The molecule has 0 aliphatic rings. The number of carbonyl (C=O) groups is 1. The van der Waals surface area contributed by atoms with Crippen molar-refractivity contribution in [3.63, 3.8) is 0 Å². The van der Waals surface area contributed by atoms with E-state index in [4.69, 9.17) is 11.6 Å². The van der Waals surface area contributed by atoms with Crippen LogP contribution in [0.1, 0.15) is 23.0 Å². The molecule has 2 aromatic rings. The van der Waals surface area contributed by atoms with Gasteiger partial charge in [-0.3, -0.25) is 9.59 Å². The molecule has 0 aliphatic carbocycles. The van der Waals surface area contributed by atoms with Gasteiger partial charge in [0.2, 0.25) is 5.56 Å². The summed E-state index contributed by atoms with van der Waals surface area (Å²) in [6.45, 7) is 2.82. The summed E-state index contributed by atoms with van der Waals surface area (Å²) in [6.07, 6.45) is 0. The molecule has 0 fully saturated rings. The van der Waals surface area contributed by atoms with Gasteiger partial charge in [-0.2, -0.15) is 0 Å². The van der Waals surface area contributed by atoms with Crippen molar-refractivity contribution in [2.24, 2.45) is 0 Å². The molecule has 2 rings (SSSR count). The van der Waals surface area contributed by atoms with Crippen molar-refractivity contribution in [2.75, 3.05) is 6.54 Å². The van der Waals surface area contributed by atoms with Crippen LogP contribution in [0.2, 0.25) is 5.02 Å². The van der Waals surface area contributed by atoms with E-state index in [0.717, 1.165) is 5.56 Å². The predicted molar refractivity (Wildman–Crippen MR) is 78.9 cm³/mol. The first-order valence-electron chi connectivity index (χ1n) is 6.34. The number of pyridine rings is 1. The third kappa shape index (κ3) is 3.27. The van der Waals surface area contributed by atoms with Gasteiger partial charge in [0.15, 0.2) is 0 Å². The first kappa shape index (κ1) is 14.3. The minimum atomic E-state index is -0.287. The van der Waals surface area contributed by atoms with E-state index in [1.807, 2.05) is 25.1 Å². The molecule has 1 aromatic heterocycles. The molecule has 0 atom stereocenters. The number of halogens is 1. The number of aromatic amines is 1. The largest absolute Gasteiger partial charge is 0.333 e. The Kier molecular flexibility index (Phi) is 4.58. The van der Waals surface area contributed by atoms with E-state index in [-0.39, 0.29) is 17.2 Å². The van der Waals surface area contributed by atoms with Crippen LogP contribution in [-0.2, 0) is 6.54 Å². The number of benzene rings is 1. The fraction of sp³-hybridized carbons (Fsp3) is 0.200.